The minimum Gasteiger partial charge on any atom is -0.478 e. The molecule has 1 aliphatic heterocycles. The lowest BCUT2D eigenvalue weighted by molar-refractivity contribution is 0.0698. The monoisotopic (exact) mass is 346 g/mol. The Morgan fingerprint density at radius 2 is 1.86 bits per heavy atom. The van der Waals surface area contributed by atoms with E-state index in [0.29, 0.717) is 4.47 Å². The van der Waals surface area contributed by atoms with Gasteiger partial charge in [0.2, 0.25) is 0 Å². The molecule has 0 radical (unpaired) electrons. The third kappa shape index (κ3) is 2.02. The second-order valence-electron chi connectivity index (χ2n) is 4.33. The number of hydrogen-bond donors (Lipinski definition) is 1. The maximum absolute atomic E-state index is 12.3. The molecule has 0 spiro atoms. The Morgan fingerprint density at radius 3 is 2.52 bits per heavy atom. The standard InChI is InChI=1S/C14H7BrN2O4/c15-7-1-2-11(9(5-7)14(20)21)17-12(18)8-3-4-16-6-10(8)13(17)19/h1-6H,(H,20,21). The van der Waals surface area contributed by atoms with E-state index < -0.39 is 17.8 Å². The Balaban J connectivity index is 2.18. The number of carbonyl (C=O) groups is 3. The second kappa shape index (κ2) is 4.78. The van der Waals surface area contributed by atoms with Gasteiger partial charge in [-0.15, -0.1) is 0 Å². The lowest BCUT2D eigenvalue weighted by Crippen LogP contribution is -2.31. The predicted molar refractivity (Wildman–Crippen MR) is 76.5 cm³/mol. The zero-order valence-electron chi connectivity index (χ0n) is 10.4. The summed E-state index contributed by atoms with van der Waals surface area (Å²) in [4.78, 5) is 40.7. The van der Waals surface area contributed by atoms with Crippen molar-refractivity contribution in [3.05, 3.63) is 57.8 Å². The van der Waals surface area contributed by atoms with Crippen LogP contribution in [0.4, 0.5) is 5.69 Å². The quantitative estimate of drug-likeness (QED) is 0.843. The summed E-state index contributed by atoms with van der Waals surface area (Å²) in [5.74, 6) is -2.35. The van der Waals surface area contributed by atoms with Crippen LogP contribution in [0.25, 0.3) is 0 Å². The molecule has 0 unspecified atom stereocenters. The van der Waals surface area contributed by atoms with Crippen molar-refractivity contribution in [2.45, 2.75) is 0 Å². The number of nitrogens with zero attached hydrogens (tertiary/aromatic N) is 2. The van der Waals surface area contributed by atoms with Gasteiger partial charge in [-0.05, 0) is 24.3 Å². The van der Waals surface area contributed by atoms with Crippen molar-refractivity contribution in [2.75, 3.05) is 4.90 Å². The molecule has 6 nitrogen and oxygen atoms in total. The van der Waals surface area contributed by atoms with Crippen molar-refractivity contribution in [1.29, 1.82) is 0 Å². The van der Waals surface area contributed by atoms with E-state index in [1.54, 1.807) is 6.07 Å². The number of aromatic nitrogens is 1. The molecular formula is C14H7BrN2O4. The van der Waals surface area contributed by atoms with Gasteiger partial charge in [-0.3, -0.25) is 14.6 Å². The summed E-state index contributed by atoms with van der Waals surface area (Å²) >= 11 is 3.17. The van der Waals surface area contributed by atoms with Crippen LogP contribution in [0, 0.1) is 0 Å². The van der Waals surface area contributed by atoms with Crippen LogP contribution in [0.1, 0.15) is 31.1 Å². The van der Waals surface area contributed by atoms with E-state index >= 15 is 0 Å². The number of benzene rings is 1. The van der Waals surface area contributed by atoms with Crippen molar-refractivity contribution in [3.8, 4) is 0 Å². The summed E-state index contributed by atoms with van der Waals surface area (Å²) in [7, 11) is 0. The van der Waals surface area contributed by atoms with E-state index in [-0.39, 0.29) is 22.4 Å². The Hall–Kier alpha value is -2.54. The highest BCUT2D eigenvalue weighted by Gasteiger charge is 2.38. The number of pyridine rings is 1. The van der Waals surface area contributed by atoms with Crippen molar-refractivity contribution < 1.29 is 19.5 Å². The average molecular weight is 347 g/mol. The first-order chi connectivity index (χ1) is 10.0. The number of aromatic carboxylic acids is 1. The number of anilines is 1. The van der Waals surface area contributed by atoms with Crippen LogP contribution in [-0.2, 0) is 0 Å². The molecule has 2 aromatic rings. The van der Waals surface area contributed by atoms with Crippen LogP contribution in [0.2, 0.25) is 0 Å². The zero-order chi connectivity index (χ0) is 15.1. The highest BCUT2D eigenvalue weighted by molar-refractivity contribution is 9.10. The number of carbonyl (C=O) groups excluding carboxylic acids is 2. The highest BCUT2D eigenvalue weighted by Crippen LogP contribution is 2.31. The topological polar surface area (TPSA) is 87.6 Å². The normalized spacial score (nSPS) is 13.5. The third-order valence-electron chi connectivity index (χ3n) is 3.12. The molecule has 1 aromatic heterocycles. The molecule has 21 heavy (non-hydrogen) atoms. The van der Waals surface area contributed by atoms with Crippen LogP contribution in [0.15, 0.2) is 41.1 Å². The molecule has 0 aliphatic carbocycles. The molecule has 0 fully saturated rings. The number of carboxylic acids is 1. The summed E-state index contributed by atoms with van der Waals surface area (Å²) in [5, 5.41) is 9.26. The molecule has 2 heterocycles. The Bertz CT molecular complexity index is 768. The van der Waals surface area contributed by atoms with E-state index in [9.17, 15) is 19.5 Å². The van der Waals surface area contributed by atoms with Crippen molar-refractivity contribution >= 4 is 39.4 Å². The van der Waals surface area contributed by atoms with Crippen molar-refractivity contribution in [1.82, 2.24) is 4.98 Å². The zero-order valence-corrected chi connectivity index (χ0v) is 12.0. The first-order valence-corrected chi connectivity index (χ1v) is 6.65. The van der Waals surface area contributed by atoms with Gasteiger partial charge in [-0.1, -0.05) is 15.9 Å². The Kier molecular flexibility index (Phi) is 3.06. The van der Waals surface area contributed by atoms with Gasteiger partial charge >= 0.3 is 5.97 Å². The minimum absolute atomic E-state index is 0.0388. The second-order valence-corrected chi connectivity index (χ2v) is 5.25. The third-order valence-corrected chi connectivity index (χ3v) is 3.61. The molecule has 1 N–H and O–H groups in total. The summed E-state index contributed by atoms with van der Waals surface area (Å²) in [6.45, 7) is 0. The lowest BCUT2D eigenvalue weighted by Gasteiger charge is -2.16. The number of rotatable bonds is 2. The molecule has 2 amide bonds. The number of imide groups is 1. The number of amides is 2. The predicted octanol–water partition coefficient (Wildman–Crippen LogP) is 2.34. The van der Waals surface area contributed by atoms with Gasteiger partial charge in [0.1, 0.15) is 0 Å². The van der Waals surface area contributed by atoms with E-state index in [4.69, 9.17) is 0 Å². The van der Waals surface area contributed by atoms with Gasteiger partial charge in [0.25, 0.3) is 11.8 Å². The van der Waals surface area contributed by atoms with E-state index in [1.165, 1.54) is 30.6 Å². The van der Waals surface area contributed by atoms with E-state index in [0.717, 1.165) is 4.90 Å². The fourth-order valence-electron chi connectivity index (χ4n) is 2.18. The first kappa shape index (κ1) is 13.4. The van der Waals surface area contributed by atoms with Crippen LogP contribution in [0.5, 0.6) is 0 Å². The fourth-order valence-corrected chi connectivity index (χ4v) is 2.54. The van der Waals surface area contributed by atoms with Gasteiger partial charge in [-0.2, -0.15) is 0 Å². The van der Waals surface area contributed by atoms with Crippen LogP contribution in [-0.4, -0.2) is 27.9 Å². The number of carboxylic acid groups (broad SMARTS) is 1. The summed E-state index contributed by atoms with van der Waals surface area (Å²) < 4.78 is 0.543. The largest absolute Gasteiger partial charge is 0.478 e. The maximum Gasteiger partial charge on any atom is 0.337 e. The smallest absolute Gasteiger partial charge is 0.337 e. The molecule has 0 atom stereocenters. The van der Waals surface area contributed by atoms with Gasteiger partial charge in [0, 0.05) is 16.9 Å². The molecule has 0 bridgehead atoms. The van der Waals surface area contributed by atoms with Crippen LogP contribution in [0.3, 0.4) is 0 Å². The van der Waals surface area contributed by atoms with Crippen molar-refractivity contribution in [2.24, 2.45) is 0 Å². The molecule has 3 rings (SSSR count). The SMILES string of the molecule is O=C(O)c1cc(Br)ccc1N1C(=O)c2ccncc2C1=O. The Labute approximate surface area is 127 Å². The highest BCUT2D eigenvalue weighted by atomic mass is 79.9. The summed E-state index contributed by atoms with van der Waals surface area (Å²) in [6, 6.07) is 5.78. The van der Waals surface area contributed by atoms with E-state index in [2.05, 4.69) is 20.9 Å². The van der Waals surface area contributed by atoms with Gasteiger partial charge in [0.05, 0.1) is 22.4 Å². The molecular weight excluding hydrogens is 340 g/mol. The molecule has 104 valence electrons. The van der Waals surface area contributed by atoms with Gasteiger partial charge in [-0.25, -0.2) is 9.69 Å². The molecule has 7 heteroatoms. The average Bonchev–Trinajstić information content (AvgIpc) is 2.72. The van der Waals surface area contributed by atoms with Crippen LogP contribution < -0.4 is 4.90 Å². The fraction of sp³-hybridized carbons (Fsp3) is 0. The van der Waals surface area contributed by atoms with Crippen LogP contribution >= 0.6 is 15.9 Å². The Morgan fingerprint density at radius 1 is 1.14 bits per heavy atom. The van der Waals surface area contributed by atoms with Crippen molar-refractivity contribution in [3.63, 3.8) is 0 Å². The maximum atomic E-state index is 12.3. The van der Waals surface area contributed by atoms with E-state index in [1.807, 2.05) is 0 Å². The lowest BCUT2D eigenvalue weighted by atomic mass is 10.1. The molecule has 1 aliphatic rings. The first-order valence-electron chi connectivity index (χ1n) is 5.86. The summed E-state index contributed by atoms with van der Waals surface area (Å²) in [6.07, 6.45) is 2.71. The minimum atomic E-state index is -1.22. The number of halogens is 1. The summed E-state index contributed by atoms with van der Waals surface area (Å²) in [5.41, 5.74) is 0.291. The number of fused-ring (bicyclic) bond motifs is 1. The molecule has 1 aromatic carbocycles. The molecule has 0 saturated carbocycles. The van der Waals surface area contributed by atoms with Gasteiger partial charge < -0.3 is 5.11 Å². The number of hydrogen-bond acceptors (Lipinski definition) is 4. The molecule has 0 saturated heterocycles. The van der Waals surface area contributed by atoms with Gasteiger partial charge in [0.15, 0.2) is 0 Å².